The predicted molar refractivity (Wildman–Crippen MR) is 98.6 cm³/mol. The fourth-order valence-electron chi connectivity index (χ4n) is 2.98. The fourth-order valence-corrected chi connectivity index (χ4v) is 2.98. The molecule has 1 saturated carbocycles. The Morgan fingerprint density at radius 2 is 1.81 bits per heavy atom. The van der Waals surface area contributed by atoms with E-state index >= 15 is 0 Å². The highest BCUT2D eigenvalue weighted by Crippen LogP contribution is 2.40. The van der Waals surface area contributed by atoms with Gasteiger partial charge in [-0.15, -0.1) is 10.2 Å². The van der Waals surface area contributed by atoms with Gasteiger partial charge >= 0.3 is 0 Å². The Bertz CT molecular complexity index is 878. The lowest BCUT2D eigenvalue weighted by Gasteiger charge is -2.18. The summed E-state index contributed by atoms with van der Waals surface area (Å²) in [5, 5.41) is 15.2. The summed E-state index contributed by atoms with van der Waals surface area (Å²) in [6, 6.07) is 19.6. The number of hydrogen-bond acceptors (Lipinski definition) is 5. The van der Waals surface area contributed by atoms with Gasteiger partial charge in [0.1, 0.15) is 12.3 Å². The number of nitrogens with zero attached hydrogens (tertiary/aromatic N) is 4. The van der Waals surface area contributed by atoms with E-state index in [2.05, 4.69) is 32.9 Å². The lowest BCUT2D eigenvalue weighted by Crippen LogP contribution is -2.33. The zero-order chi connectivity index (χ0) is 18.5. The van der Waals surface area contributed by atoms with Crippen molar-refractivity contribution in [2.75, 3.05) is 0 Å². The number of hydrogen-bond donors (Lipinski definition) is 1. The molecule has 1 atom stereocenters. The molecule has 2 aromatic carbocycles. The molecular weight excluding hydrogens is 342 g/mol. The van der Waals surface area contributed by atoms with Crippen LogP contribution in [0.25, 0.3) is 0 Å². The molecule has 0 saturated heterocycles. The molecule has 7 heteroatoms. The predicted octanol–water partition coefficient (Wildman–Crippen LogP) is 2.52. The second kappa shape index (κ2) is 7.99. The molecule has 1 N–H and O–H groups in total. The molecule has 0 radical (unpaired) electrons. The number of amides is 1. The lowest BCUT2D eigenvalue weighted by atomic mass is 10.0. The average molecular weight is 363 g/mol. The topological polar surface area (TPSA) is 81.9 Å². The molecule has 7 nitrogen and oxygen atoms in total. The first-order chi connectivity index (χ1) is 13.3. The number of nitrogens with one attached hydrogen (secondary N) is 1. The quantitative estimate of drug-likeness (QED) is 0.665. The maximum absolute atomic E-state index is 12.4. The highest BCUT2D eigenvalue weighted by molar-refractivity contribution is 5.76. The number of benzene rings is 2. The van der Waals surface area contributed by atoms with E-state index in [1.54, 1.807) is 0 Å². The van der Waals surface area contributed by atoms with Gasteiger partial charge in [-0.2, -0.15) is 4.80 Å². The molecular formula is C20H21N5O2. The van der Waals surface area contributed by atoms with Gasteiger partial charge in [-0.25, -0.2) is 0 Å². The summed E-state index contributed by atoms with van der Waals surface area (Å²) in [5.41, 5.74) is 1.14. The van der Waals surface area contributed by atoms with Gasteiger partial charge in [-0.1, -0.05) is 48.5 Å². The van der Waals surface area contributed by atoms with Crippen molar-refractivity contribution in [3.05, 3.63) is 72.1 Å². The van der Waals surface area contributed by atoms with Gasteiger partial charge in [0.15, 0.2) is 6.61 Å². The van der Waals surface area contributed by atoms with Crippen molar-refractivity contribution < 1.29 is 9.53 Å². The van der Waals surface area contributed by atoms with Gasteiger partial charge in [0.2, 0.25) is 11.7 Å². The standard InChI is InChI=1S/C20H21N5O2/c26-19(21-20(16-11-12-16)15-7-3-1-4-8-15)13-25-23-18(22-24-25)14-27-17-9-5-2-6-10-17/h1-10,16,20H,11-14H2,(H,21,26)/t20-/m1/s1. The van der Waals surface area contributed by atoms with Crippen molar-refractivity contribution >= 4 is 5.91 Å². The first-order valence-electron chi connectivity index (χ1n) is 9.07. The molecule has 4 rings (SSSR count). The maximum Gasteiger partial charge on any atom is 0.244 e. The van der Waals surface area contributed by atoms with E-state index in [4.69, 9.17) is 4.74 Å². The first-order valence-corrected chi connectivity index (χ1v) is 9.07. The molecule has 138 valence electrons. The molecule has 0 aliphatic heterocycles. The van der Waals surface area contributed by atoms with Gasteiger partial charge in [0.05, 0.1) is 6.04 Å². The van der Waals surface area contributed by atoms with E-state index in [-0.39, 0.29) is 25.1 Å². The molecule has 1 aliphatic rings. The first kappa shape index (κ1) is 17.2. The second-order valence-electron chi connectivity index (χ2n) is 6.63. The zero-order valence-electron chi connectivity index (χ0n) is 14.9. The number of rotatable bonds is 8. The summed E-state index contributed by atoms with van der Waals surface area (Å²) in [7, 11) is 0. The molecule has 1 heterocycles. The van der Waals surface area contributed by atoms with Crippen LogP contribution >= 0.6 is 0 Å². The van der Waals surface area contributed by atoms with Crippen molar-refractivity contribution in [2.24, 2.45) is 5.92 Å². The SMILES string of the molecule is O=C(Cn1nnc(COc2ccccc2)n1)N[C@H](c1ccccc1)C1CC1. The van der Waals surface area contributed by atoms with Crippen LogP contribution in [0.3, 0.4) is 0 Å². The van der Waals surface area contributed by atoms with E-state index in [9.17, 15) is 4.79 Å². The van der Waals surface area contributed by atoms with Crippen LogP contribution < -0.4 is 10.1 Å². The Labute approximate surface area is 157 Å². The summed E-state index contributed by atoms with van der Waals surface area (Å²) in [6.45, 7) is 0.245. The Hall–Kier alpha value is -3.22. The summed E-state index contributed by atoms with van der Waals surface area (Å²) < 4.78 is 5.59. The van der Waals surface area contributed by atoms with Gasteiger partial charge in [0, 0.05) is 0 Å². The maximum atomic E-state index is 12.4. The number of para-hydroxylation sites is 1. The van der Waals surface area contributed by atoms with Gasteiger partial charge in [-0.3, -0.25) is 4.79 Å². The molecule has 1 aliphatic carbocycles. The van der Waals surface area contributed by atoms with Crippen LogP contribution in [0.4, 0.5) is 0 Å². The number of carbonyl (C=O) groups is 1. The van der Waals surface area contributed by atoms with Crippen LogP contribution in [0.15, 0.2) is 60.7 Å². The van der Waals surface area contributed by atoms with E-state index in [1.165, 1.54) is 4.80 Å². The summed E-state index contributed by atoms with van der Waals surface area (Å²) in [5.74, 6) is 1.56. The van der Waals surface area contributed by atoms with Crippen LogP contribution in [-0.4, -0.2) is 26.1 Å². The molecule has 1 amide bonds. The Morgan fingerprint density at radius 3 is 2.52 bits per heavy atom. The van der Waals surface area contributed by atoms with Crippen molar-refractivity contribution in [2.45, 2.75) is 32.0 Å². The van der Waals surface area contributed by atoms with Crippen molar-refractivity contribution in [1.82, 2.24) is 25.5 Å². The average Bonchev–Trinajstić information content (AvgIpc) is 3.46. The third kappa shape index (κ3) is 4.69. The third-order valence-electron chi connectivity index (χ3n) is 4.46. The molecule has 1 aromatic heterocycles. The molecule has 3 aromatic rings. The summed E-state index contributed by atoms with van der Waals surface area (Å²) in [4.78, 5) is 13.7. The van der Waals surface area contributed by atoms with Crippen LogP contribution in [0.1, 0.15) is 30.3 Å². The Balaban J connectivity index is 1.32. The number of aromatic nitrogens is 4. The van der Waals surface area contributed by atoms with E-state index < -0.39 is 0 Å². The number of tetrazole rings is 1. The molecule has 0 unspecified atom stereocenters. The summed E-state index contributed by atoms with van der Waals surface area (Å²) in [6.07, 6.45) is 2.28. The molecule has 1 fully saturated rings. The monoisotopic (exact) mass is 363 g/mol. The summed E-state index contributed by atoms with van der Waals surface area (Å²) >= 11 is 0. The Kier molecular flexibility index (Phi) is 5.09. The van der Waals surface area contributed by atoms with Gasteiger partial charge < -0.3 is 10.1 Å². The molecule has 0 spiro atoms. The largest absolute Gasteiger partial charge is 0.485 e. The minimum absolute atomic E-state index is 0.0361. The van der Waals surface area contributed by atoms with Crippen molar-refractivity contribution in [1.29, 1.82) is 0 Å². The van der Waals surface area contributed by atoms with Crippen molar-refractivity contribution in [3.8, 4) is 5.75 Å². The minimum atomic E-state index is -0.122. The minimum Gasteiger partial charge on any atom is -0.485 e. The van der Waals surface area contributed by atoms with Gasteiger partial charge in [-0.05, 0) is 41.7 Å². The van der Waals surface area contributed by atoms with Gasteiger partial charge in [0.25, 0.3) is 0 Å². The highest BCUT2D eigenvalue weighted by atomic mass is 16.5. The van der Waals surface area contributed by atoms with Crippen LogP contribution in [0, 0.1) is 5.92 Å². The van der Waals surface area contributed by atoms with Crippen LogP contribution in [0.2, 0.25) is 0 Å². The number of carbonyl (C=O) groups excluding carboxylic acids is 1. The van der Waals surface area contributed by atoms with Crippen LogP contribution in [-0.2, 0) is 17.9 Å². The zero-order valence-corrected chi connectivity index (χ0v) is 14.9. The molecule has 0 bridgehead atoms. The van der Waals surface area contributed by atoms with Crippen LogP contribution in [0.5, 0.6) is 5.75 Å². The Morgan fingerprint density at radius 1 is 1.11 bits per heavy atom. The molecule has 27 heavy (non-hydrogen) atoms. The third-order valence-corrected chi connectivity index (χ3v) is 4.46. The lowest BCUT2D eigenvalue weighted by molar-refractivity contribution is -0.123. The fraction of sp³-hybridized carbons (Fsp3) is 0.300. The van der Waals surface area contributed by atoms with E-state index in [1.807, 2.05) is 48.5 Å². The normalized spacial score (nSPS) is 14.5. The number of ether oxygens (including phenoxy) is 1. The highest BCUT2D eigenvalue weighted by Gasteiger charge is 2.33. The van der Waals surface area contributed by atoms with E-state index in [0.29, 0.717) is 11.7 Å². The van der Waals surface area contributed by atoms with Crippen molar-refractivity contribution in [3.63, 3.8) is 0 Å². The smallest absolute Gasteiger partial charge is 0.244 e. The van der Waals surface area contributed by atoms with E-state index in [0.717, 1.165) is 24.2 Å². The second-order valence-corrected chi connectivity index (χ2v) is 6.63.